The lowest BCUT2D eigenvalue weighted by Crippen LogP contribution is -2.30. The zero-order valence-electron chi connectivity index (χ0n) is 8.87. The van der Waals surface area contributed by atoms with Crippen molar-refractivity contribution in [1.82, 2.24) is 4.31 Å². The van der Waals surface area contributed by atoms with Crippen LogP contribution in [0.5, 0.6) is 0 Å². The molecule has 0 aromatic heterocycles. The Hall–Kier alpha value is -0.910. The van der Waals surface area contributed by atoms with Gasteiger partial charge >= 0.3 is 0 Å². The van der Waals surface area contributed by atoms with Crippen LogP contribution >= 0.6 is 11.9 Å². The molecule has 0 atom stereocenters. The standard InChI is InChI=1S/C11H14N2O2S/c14-10-4-6-13(7-5-10)16-11-3-1-2-9(8-11)12-15/h1-3,8,10,14H,4-7H2. The van der Waals surface area contributed by atoms with Crippen LogP contribution in [0.25, 0.3) is 0 Å². The third-order valence-electron chi connectivity index (χ3n) is 2.58. The number of nitroso groups, excluding NO2 is 1. The Bertz CT molecular complexity index is 365. The number of hydrogen-bond acceptors (Lipinski definition) is 5. The van der Waals surface area contributed by atoms with Crippen molar-refractivity contribution in [3.05, 3.63) is 29.2 Å². The maximum atomic E-state index is 10.4. The van der Waals surface area contributed by atoms with Gasteiger partial charge in [-0.25, -0.2) is 4.31 Å². The minimum Gasteiger partial charge on any atom is -0.393 e. The zero-order chi connectivity index (χ0) is 11.4. The summed E-state index contributed by atoms with van der Waals surface area (Å²) in [7, 11) is 0. The van der Waals surface area contributed by atoms with Crippen LogP contribution in [0.15, 0.2) is 34.3 Å². The zero-order valence-corrected chi connectivity index (χ0v) is 9.69. The monoisotopic (exact) mass is 238 g/mol. The summed E-state index contributed by atoms with van der Waals surface area (Å²) < 4.78 is 2.20. The van der Waals surface area contributed by atoms with Gasteiger partial charge in [-0.2, -0.15) is 0 Å². The van der Waals surface area contributed by atoms with E-state index in [0.717, 1.165) is 30.8 Å². The molecule has 0 aliphatic carbocycles. The van der Waals surface area contributed by atoms with Crippen LogP contribution in [-0.4, -0.2) is 28.6 Å². The van der Waals surface area contributed by atoms with Gasteiger partial charge in [-0.15, -0.1) is 4.91 Å². The van der Waals surface area contributed by atoms with Crippen LogP contribution in [0, 0.1) is 4.91 Å². The predicted molar refractivity (Wildman–Crippen MR) is 64.6 cm³/mol. The molecule has 1 fully saturated rings. The van der Waals surface area contributed by atoms with Crippen molar-refractivity contribution in [1.29, 1.82) is 0 Å². The summed E-state index contributed by atoms with van der Waals surface area (Å²) >= 11 is 1.62. The van der Waals surface area contributed by atoms with Crippen molar-refractivity contribution < 1.29 is 5.11 Å². The summed E-state index contributed by atoms with van der Waals surface area (Å²) in [5.74, 6) is 0. The van der Waals surface area contributed by atoms with Crippen LogP contribution in [-0.2, 0) is 0 Å². The Balaban J connectivity index is 1.95. The molecule has 0 amide bonds. The summed E-state index contributed by atoms with van der Waals surface area (Å²) in [4.78, 5) is 11.4. The summed E-state index contributed by atoms with van der Waals surface area (Å²) in [5.41, 5.74) is 0.460. The fourth-order valence-corrected chi connectivity index (χ4v) is 2.68. The normalized spacial score (nSPS) is 18.6. The number of benzene rings is 1. The van der Waals surface area contributed by atoms with Gasteiger partial charge in [-0.05, 0) is 48.2 Å². The van der Waals surface area contributed by atoms with Gasteiger partial charge in [0, 0.05) is 18.0 Å². The molecule has 86 valence electrons. The first kappa shape index (κ1) is 11.6. The Morgan fingerprint density at radius 3 is 2.81 bits per heavy atom. The van der Waals surface area contributed by atoms with E-state index in [1.165, 1.54) is 0 Å². The lowest BCUT2D eigenvalue weighted by Gasteiger charge is -2.28. The fourth-order valence-electron chi connectivity index (χ4n) is 1.68. The molecule has 1 aliphatic rings. The molecule has 0 saturated carbocycles. The molecule has 0 unspecified atom stereocenters. The van der Waals surface area contributed by atoms with Gasteiger partial charge < -0.3 is 5.11 Å². The van der Waals surface area contributed by atoms with E-state index in [2.05, 4.69) is 9.48 Å². The Morgan fingerprint density at radius 1 is 1.38 bits per heavy atom. The Morgan fingerprint density at radius 2 is 2.12 bits per heavy atom. The highest BCUT2D eigenvalue weighted by Gasteiger charge is 2.17. The molecule has 0 radical (unpaired) electrons. The average molecular weight is 238 g/mol. The van der Waals surface area contributed by atoms with E-state index in [0.29, 0.717) is 5.69 Å². The second-order valence-electron chi connectivity index (χ2n) is 3.84. The van der Waals surface area contributed by atoms with Gasteiger partial charge in [0.2, 0.25) is 0 Å². The molecule has 5 heteroatoms. The maximum Gasteiger partial charge on any atom is 0.109 e. The highest BCUT2D eigenvalue weighted by Crippen LogP contribution is 2.28. The maximum absolute atomic E-state index is 10.4. The summed E-state index contributed by atoms with van der Waals surface area (Å²) in [6.45, 7) is 1.76. The van der Waals surface area contributed by atoms with E-state index in [1.54, 1.807) is 24.1 Å². The van der Waals surface area contributed by atoms with E-state index in [9.17, 15) is 10.0 Å². The highest BCUT2D eigenvalue weighted by molar-refractivity contribution is 7.97. The Labute approximate surface area is 98.8 Å². The van der Waals surface area contributed by atoms with E-state index < -0.39 is 0 Å². The molecule has 1 saturated heterocycles. The second kappa shape index (κ2) is 5.43. The third-order valence-corrected chi connectivity index (χ3v) is 3.67. The lowest BCUT2D eigenvalue weighted by atomic mass is 10.1. The SMILES string of the molecule is O=Nc1cccc(SN2CCC(O)CC2)c1. The summed E-state index contributed by atoms with van der Waals surface area (Å²) in [6, 6.07) is 7.27. The van der Waals surface area contributed by atoms with E-state index >= 15 is 0 Å². The highest BCUT2D eigenvalue weighted by atomic mass is 32.2. The molecule has 2 rings (SSSR count). The first-order valence-electron chi connectivity index (χ1n) is 5.32. The van der Waals surface area contributed by atoms with Crippen molar-refractivity contribution in [2.45, 2.75) is 23.8 Å². The third kappa shape index (κ3) is 3.04. The Kier molecular flexibility index (Phi) is 3.93. The number of hydrogen-bond donors (Lipinski definition) is 1. The van der Waals surface area contributed by atoms with Crippen LogP contribution in [0.1, 0.15) is 12.8 Å². The molecule has 1 aromatic rings. The molecule has 0 bridgehead atoms. The van der Waals surface area contributed by atoms with Crippen LogP contribution < -0.4 is 0 Å². The van der Waals surface area contributed by atoms with E-state index in [1.807, 2.05) is 12.1 Å². The molecule has 16 heavy (non-hydrogen) atoms. The van der Waals surface area contributed by atoms with Gasteiger partial charge in [-0.3, -0.25) is 0 Å². The van der Waals surface area contributed by atoms with Crippen LogP contribution in [0.4, 0.5) is 5.69 Å². The van der Waals surface area contributed by atoms with Gasteiger partial charge in [0.1, 0.15) is 5.69 Å². The average Bonchev–Trinajstić information content (AvgIpc) is 2.32. The molecule has 1 N–H and O–H groups in total. The second-order valence-corrected chi connectivity index (χ2v) is 5.01. The summed E-state index contributed by atoms with van der Waals surface area (Å²) in [6.07, 6.45) is 1.48. The van der Waals surface area contributed by atoms with Gasteiger partial charge in [0.05, 0.1) is 6.10 Å². The van der Waals surface area contributed by atoms with Crippen LogP contribution in [0.2, 0.25) is 0 Å². The quantitative estimate of drug-likeness (QED) is 0.649. The predicted octanol–water partition coefficient (Wildman–Crippen LogP) is 2.55. The van der Waals surface area contributed by atoms with Gasteiger partial charge in [0.25, 0.3) is 0 Å². The van der Waals surface area contributed by atoms with Crippen LogP contribution in [0.3, 0.4) is 0 Å². The van der Waals surface area contributed by atoms with Gasteiger partial charge in [0.15, 0.2) is 0 Å². The van der Waals surface area contributed by atoms with Crippen molar-refractivity contribution in [2.24, 2.45) is 5.18 Å². The first-order valence-corrected chi connectivity index (χ1v) is 6.09. The molecular weight excluding hydrogens is 224 g/mol. The molecule has 1 aromatic carbocycles. The minimum absolute atomic E-state index is 0.153. The number of aliphatic hydroxyl groups excluding tert-OH is 1. The molecular formula is C11H14N2O2S. The molecule has 1 aliphatic heterocycles. The van der Waals surface area contributed by atoms with Crippen molar-refractivity contribution in [2.75, 3.05) is 13.1 Å². The summed E-state index contributed by atoms with van der Waals surface area (Å²) in [5, 5.41) is 12.3. The van der Waals surface area contributed by atoms with Gasteiger partial charge in [-0.1, -0.05) is 6.07 Å². The van der Waals surface area contributed by atoms with Crippen molar-refractivity contribution in [3.8, 4) is 0 Å². The number of nitrogens with zero attached hydrogens (tertiary/aromatic N) is 2. The molecule has 4 nitrogen and oxygen atoms in total. The van der Waals surface area contributed by atoms with E-state index in [4.69, 9.17) is 0 Å². The smallest absolute Gasteiger partial charge is 0.109 e. The first-order chi connectivity index (χ1) is 7.78. The van der Waals surface area contributed by atoms with E-state index in [-0.39, 0.29) is 6.10 Å². The minimum atomic E-state index is -0.153. The molecule has 1 heterocycles. The number of aliphatic hydroxyl groups is 1. The molecule has 0 spiro atoms. The topological polar surface area (TPSA) is 52.9 Å². The lowest BCUT2D eigenvalue weighted by molar-refractivity contribution is 0.116. The van der Waals surface area contributed by atoms with Crippen molar-refractivity contribution >= 4 is 17.6 Å². The fraction of sp³-hybridized carbons (Fsp3) is 0.455. The number of piperidine rings is 1. The number of rotatable bonds is 3. The largest absolute Gasteiger partial charge is 0.393 e. The van der Waals surface area contributed by atoms with Crippen molar-refractivity contribution in [3.63, 3.8) is 0 Å².